The van der Waals surface area contributed by atoms with Gasteiger partial charge in [-0.3, -0.25) is 9.59 Å². The van der Waals surface area contributed by atoms with Crippen LogP contribution in [0.5, 0.6) is 5.75 Å². The summed E-state index contributed by atoms with van der Waals surface area (Å²) in [6.45, 7) is 2.58. The highest BCUT2D eigenvalue weighted by molar-refractivity contribution is 6.32. The van der Waals surface area contributed by atoms with Crippen molar-refractivity contribution in [1.82, 2.24) is 19.8 Å². The second kappa shape index (κ2) is 9.17. The molecule has 2 heterocycles. The van der Waals surface area contributed by atoms with Crippen molar-refractivity contribution in [2.45, 2.75) is 12.8 Å². The van der Waals surface area contributed by atoms with Crippen molar-refractivity contribution in [2.75, 3.05) is 32.8 Å². The van der Waals surface area contributed by atoms with Crippen LogP contribution >= 0.6 is 11.6 Å². The van der Waals surface area contributed by atoms with Crippen molar-refractivity contribution in [3.8, 4) is 5.75 Å². The molecule has 0 bridgehead atoms. The molecule has 2 amide bonds. The molecule has 1 N–H and O–H groups in total. The number of hydrogen-bond donors (Lipinski definition) is 1. The Balaban J connectivity index is 1.22. The first-order valence-corrected chi connectivity index (χ1v) is 10.4. The molecule has 0 aliphatic carbocycles. The Labute approximate surface area is 179 Å². The lowest BCUT2D eigenvalue weighted by atomic mass is 10.1. The molecular weight excluding hydrogens is 404 g/mol. The zero-order chi connectivity index (χ0) is 20.9. The van der Waals surface area contributed by atoms with E-state index in [0.717, 1.165) is 11.0 Å². The molecule has 0 atom stereocenters. The molecule has 2 aromatic carbocycles. The SMILES string of the molecule is O=C(CCCOc1ccccc1Cl)N1CCN(C(=O)c2ccc3nc[nH]c3c2)CC1. The third kappa shape index (κ3) is 4.57. The van der Waals surface area contributed by atoms with Gasteiger partial charge in [0.05, 0.1) is 29.0 Å². The van der Waals surface area contributed by atoms with Gasteiger partial charge in [0.1, 0.15) is 5.75 Å². The molecule has 30 heavy (non-hydrogen) atoms. The molecule has 1 fully saturated rings. The van der Waals surface area contributed by atoms with Gasteiger partial charge in [-0.15, -0.1) is 0 Å². The number of nitrogens with zero attached hydrogens (tertiary/aromatic N) is 3. The van der Waals surface area contributed by atoms with E-state index in [1.165, 1.54) is 0 Å². The number of ether oxygens (including phenoxy) is 1. The maximum absolute atomic E-state index is 12.8. The van der Waals surface area contributed by atoms with Crippen LogP contribution in [0.25, 0.3) is 11.0 Å². The van der Waals surface area contributed by atoms with Crippen LogP contribution in [0.2, 0.25) is 5.02 Å². The number of fused-ring (bicyclic) bond motifs is 1. The van der Waals surface area contributed by atoms with Gasteiger partial charge in [-0.25, -0.2) is 4.98 Å². The molecular formula is C22H23ClN4O3. The molecule has 1 aliphatic rings. The Kier molecular flexibility index (Phi) is 6.18. The number of H-pyrrole nitrogens is 1. The van der Waals surface area contributed by atoms with E-state index in [-0.39, 0.29) is 11.8 Å². The molecule has 0 unspecified atom stereocenters. The van der Waals surface area contributed by atoms with Crippen LogP contribution in [0.3, 0.4) is 0 Å². The van der Waals surface area contributed by atoms with Crippen molar-refractivity contribution in [3.63, 3.8) is 0 Å². The summed E-state index contributed by atoms with van der Waals surface area (Å²) < 4.78 is 5.63. The highest BCUT2D eigenvalue weighted by Crippen LogP contribution is 2.23. The molecule has 4 rings (SSSR count). The van der Waals surface area contributed by atoms with Crippen LogP contribution in [0.1, 0.15) is 23.2 Å². The minimum atomic E-state index is -0.0215. The minimum Gasteiger partial charge on any atom is -0.492 e. The lowest BCUT2D eigenvalue weighted by Crippen LogP contribution is -2.50. The second-order valence-electron chi connectivity index (χ2n) is 7.19. The Hall–Kier alpha value is -3.06. The van der Waals surface area contributed by atoms with Crippen LogP contribution in [0, 0.1) is 0 Å². The van der Waals surface area contributed by atoms with E-state index in [4.69, 9.17) is 16.3 Å². The molecule has 1 aromatic heterocycles. The van der Waals surface area contributed by atoms with Crippen LogP contribution in [0.4, 0.5) is 0 Å². The highest BCUT2D eigenvalue weighted by atomic mass is 35.5. The van der Waals surface area contributed by atoms with Gasteiger partial charge in [0, 0.05) is 38.2 Å². The van der Waals surface area contributed by atoms with Crippen molar-refractivity contribution in [2.24, 2.45) is 0 Å². The Morgan fingerprint density at radius 2 is 1.83 bits per heavy atom. The molecule has 0 radical (unpaired) electrons. The average molecular weight is 427 g/mol. The number of rotatable bonds is 6. The van der Waals surface area contributed by atoms with E-state index in [9.17, 15) is 9.59 Å². The molecule has 156 valence electrons. The van der Waals surface area contributed by atoms with Crippen LogP contribution in [-0.4, -0.2) is 64.4 Å². The summed E-state index contributed by atoms with van der Waals surface area (Å²) in [6, 6.07) is 12.7. The van der Waals surface area contributed by atoms with Gasteiger partial charge in [-0.05, 0) is 36.8 Å². The Bertz CT molecular complexity index is 1040. The van der Waals surface area contributed by atoms with Gasteiger partial charge in [0.2, 0.25) is 5.91 Å². The van der Waals surface area contributed by atoms with Crippen molar-refractivity contribution in [3.05, 3.63) is 59.4 Å². The van der Waals surface area contributed by atoms with Crippen LogP contribution < -0.4 is 4.74 Å². The monoisotopic (exact) mass is 426 g/mol. The maximum Gasteiger partial charge on any atom is 0.254 e. The molecule has 3 aromatic rings. The zero-order valence-corrected chi connectivity index (χ0v) is 17.3. The normalized spacial score (nSPS) is 14.2. The predicted octanol–water partition coefficient (Wildman–Crippen LogP) is 3.36. The molecule has 0 spiro atoms. The fourth-order valence-electron chi connectivity index (χ4n) is 3.54. The Morgan fingerprint density at radius 1 is 1.07 bits per heavy atom. The van der Waals surface area contributed by atoms with E-state index < -0.39 is 0 Å². The number of halogens is 1. The van der Waals surface area contributed by atoms with Gasteiger partial charge in [0.25, 0.3) is 5.91 Å². The van der Waals surface area contributed by atoms with E-state index in [2.05, 4.69) is 9.97 Å². The first-order valence-electron chi connectivity index (χ1n) is 9.99. The number of carbonyl (C=O) groups is 2. The van der Waals surface area contributed by atoms with Gasteiger partial charge < -0.3 is 19.5 Å². The lowest BCUT2D eigenvalue weighted by Gasteiger charge is -2.35. The lowest BCUT2D eigenvalue weighted by molar-refractivity contribution is -0.132. The second-order valence-corrected chi connectivity index (χ2v) is 7.60. The predicted molar refractivity (Wildman–Crippen MR) is 115 cm³/mol. The smallest absolute Gasteiger partial charge is 0.254 e. The fourth-order valence-corrected chi connectivity index (χ4v) is 3.73. The largest absolute Gasteiger partial charge is 0.492 e. The van der Waals surface area contributed by atoms with Gasteiger partial charge in [-0.2, -0.15) is 0 Å². The number of aromatic amines is 1. The van der Waals surface area contributed by atoms with Gasteiger partial charge in [-0.1, -0.05) is 23.7 Å². The molecule has 7 nitrogen and oxygen atoms in total. The van der Waals surface area contributed by atoms with Crippen LogP contribution in [-0.2, 0) is 4.79 Å². The molecule has 8 heteroatoms. The van der Waals surface area contributed by atoms with Gasteiger partial charge >= 0.3 is 0 Å². The summed E-state index contributed by atoms with van der Waals surface area (Å²) in [6.07, 6.45) is 2.64. The number of amides is 2. The number of benzene rings is 2. The van der Waals surface area contributed by atoms with Crippen molar-refractivity contribution < 1.29 is 14.3 Å². The van der Waals surface area contributed by atoms with E-state index in [0.29, 0.717) is 62.0 Å². The van der Waals surface area contributed by atoms with E-state index in [1.54, 1.807) is 23.4 Å². The standard InChI is InChI=1S/C22H23ClN4O3/c23-17-4-1-2-5-20(17)30-13-3-6-21(28)26-9-11-27(12-10-26)22(29)16-7-8-18-19(14-16)25-15-24-18/h1-2,4-5,7-8,14-15H,3,6,9-13H2,(H,24,25). The van der Waals surface area contributed by atoms with Crippen LogP contribution in [0.15, 0.2) is 48.8 Å². The molecule has 1 saturated heterocycles. The highest BCUT2D eigenvalue weighted by Gasteiger charge is 2.24. The van der Waals surface area contributed by atoms with Gasteiger partial charge in [0.15, 0.2) is 0 Å². The number of para-hydroxylation sites is 1. The van der Waals surface area contributed by atoms with Crippen molar-refractivity contribution in [1.29, 1.82) is 0 Å². The summed E-state index contributed by atoms with van der Waals surface area (Å²) in [4.78, 5) is 36.1. The summed E-state index contributed by atoms with van der Waals surface area (Å²) in [7, 11) is 0. The topological polar surface area (TPSA) is 78.5 Å². The first-order chi connectivity index (χ1) is 14.6. The summed E-state index contributed by atoms with van der Waals surface area (Å²) in [5.74, 6) is 0.697. The molecule has 0 saturated carbocycles. The first kappa shape index (κ1) is 20.2. The number of piperazine rings is 1. The summed E-state index contributed by atoms with van der Waals surface area (Å²) >= 11 is 6.06. The third-order valence-electron chi connectivity index (χ3n) is 5.22. The Morgan fingerprint density at radius 3 is 2.63 bits per heavy atom. The fraction of sp³-hybridized carbons (Fsp3) is 0.318. The third-order valence-corrected chi connectivity index (χ3v) is 5.53. The van der Waals surface area contributed by atoms with E-state index in [1.807, 2.05) is 35.2 Å². The van der Waals surface area contributed by atoms with Crippen molar-refractivity contribution >= 4 is 34.4 Å². The average Bonchev–Trinajstić information content (AvgIpc) is 3.25. The number of carbonyl (C=O) groups excluding carboxylic acids is 2. The zero-order valence-electron chi connectivity index (χ0n) is 16.5. The maximum atomic E-state index is 12.8. The quantitative estimate of drug-likeness (QED) is 0.613. The number of imidazole rings is 1. The number of aromatic nitrogens is 2. The number of hydrogen-bond acceptors (Lipinski definition) is 4. The minimum absolute atomic E-state index is 0.0215. The summed E-state index contributed by atoms with van der Waals surface area (Å²) in [5.41, 5.74) is 2.30. The van der Waals surface area contributed by atoms with E-state index >= 15 is 0 Å². The number of nitrogens with one attached hydrogen (secondary N) is 1. The molecule has 1 aliphatic heterocycles. The summed E-state index contributed by atoms with van der Waals surface area (Å²) in [5, 5.41) is 0.566.